The Hall–Kier alpha value is -3.63. The Balaban J connectivity index is 0.000000479. The van der Waals surface area contributed by atoms with E-state index in [1.54, 1.807) is 24.5 Å². The van der Waals surface area contributed by atoms with Crippen molar-refractivity contribution in [1.82, 2.24) is 15.2 Å². The summed E-state index contributed by atoms with van der Waals surface area (Å²) in [6.07, 6.45) is 0.975. The lowest BCUT2D eigenvalue weighted by molar-refractivity contribution is -0.192. The molecule has 3 heterocycles. The standard InChI is InChI=1S/C24H29N3O3.C2HF3O2/c1-17(2)26-22(28)14-19-15-24(30-21-8-4-3-7-20(19)21)9-12-27(13-10-24)23(29)18-6-5-11-25-16-18;3-2(4,5)1(6)7/h3-8,11,16-17,19H,9-10,12-15H2,1-2H3,(H,26,28);(H,6,7). The first kappa shape index (κ1) is 27.9. The second kappa shape index (κ2) is 11.6. The zero-order valence-corrected chi connectivity index (χ0v) is 20.6. The number of fused-ring (bicyclic) bond motifs is 1. The van der Waals surface area contributed by atoms with Gasteiger partial charge in [-0.2, -0.15) is 13.2 Å². The van der Waals surface area contributed by atoms with Crippen LogP contribution in [0.1, 0.15) is 61.4 Å². The number of carbonyl (C=O) groups is 3. The number of amides is 2. The molecule has 2 amide bonds. The van der Waals surface area contributed by atoms with E-state index >= 15 is 0 Å². The van der Waals surface area contributed by atoms with Crippen LogP contribution in [0, 0.1) is 0 Å². The number of nitrogens with one attached hydrogen (secondary N) is 1. The number of nitrogens with zero attached hydrogens (tertiary/aromatic N) is 2. The Kier molecular flexibility index (Phi) is 8.77. The molecule has 2 aliphatic heterocycles. The number of aromatic nitrogens is 1. The van der Waals surface area contributed by atoms with Gasteiger partial charge >= 0.3 is 12.1 Å². The van der Waals surface area contributed by atoms with Crippen LogP contribution in [0.2, 0.25) is 0 Å². The summed E-state index contributed by atoms with van der Waals surface area (Å²) in [5, 5.41) is 10.1. The average molecular weight is 522 g/mol. The van der Waals surface area contributed by atoms with Crippen molar-refractivity contribution < 1.29 is 37.4 Å². The zero-order chi connectivity index (χ0) is 27.2. The molecule has 4 rings (SSSR count). The number of carbonyl (C=O) groups excluding carboxylic acids is 2. The van der Waals surface area contributed by atoms with Crippen molar-refractivity contribution in [2.45, 2.75) is 63.3 Å². The minimum atomic E-state index is -5.08. The molecule has 1 saturated heterocycles. The second-order valence-corrected chi connectivity index (χ2v) is 9.49. The molecule has 1 fully saturated rings. The van der Waals surface area contributed by atoms with Crippen LogP contribution in [0.3, 0.4) is 0 Å². The first-order valence-corrected chi connectivity index (χ1v) is 12.0. The molecule has 1 aromatic heterocycles. The molecule has 2 aliphatic rings. The van der Waals surface area contributed by atoms with E-state index in [0.29, 0.717) is 25.1 Å². The summed E-state index contributed by atoms with van der Waals surface area (Å²) in [5.41, 5.74) is 1.39. The highest BCUT2D eigenvalue weighted by Crippen LogP contribution is 2.46. The van der Waals surface area contributed by atoms with Crippen molar-refractivity contribution in [2.75, 3.05) is 13.1 Å². The van der Waals surface area contributed by atoms with Crippen LogP contribution in [0.4, 0.5) is 13.2 Å². The molecule has 11 heteroatoms. The van der Waals surface area contributed by atoms with Crippen LogP contribution in [-0.2, 0) is 9.59 Å². The third-order valence-corrected chi connectivity index (χ3v) is 6.30. The molecule has 2 N–H and O–H groups in total. The van der Waals surface area contributed by atoms with Gasteiger partial charge in [-0.25, -0.2) is 4.79 Å². The second-order valence-electron chi connectivity index (χ2n) is 9.49. The topological polar surface area (TPSA) is 109 Å². The van der Waals surface area contributed by atoms with E-state index in [-0.39, 0.29) is 29.4 Å². The van der Waals surface area contributed by atoms with Crippen molar-refractivity contribution in [3.8, 4) is 5.75 Å². The molecule has 200 valence electrons. The molecular formula is C26H30F3N3O5. The van der Waals surface area contributed by atoms with Crippen LogP contribution < -0.4 is 10.1 Å². The first-order valence-electron chi connectivity index (χ1n) is 12.0. The molecule has 0 saturated carbocycles. The predicted molar refractivity (Wildman–Crippen MR) is 128 cm³/mol. The molecule has 37 heavy (non-hydrogen) atoms. The maximum Gasteiger partial charge on any atom is 0.490 e. The molecule has 8 nitrogen and oxygen atoms in total. The number of rotatable bonds is 4. The lowest BCUT2D eigenvalue weighted by Gasteiger charge is -2.47. The normalized spacial score (nSPS) is 18.2. The monoisotopic (exact) mass is 521 g/mol. The minimum absolute atomic E-state index is 0.0158. The Morgan fingerprint density at radius 2 is 1.81 bits per heavy atom. The highest BCUT2D eigenvalue weighted by atomic mass is 19.4. The van der Waals surface area contributed by atoms with Crippen LogP contribution >= 0.6 is 0 Å². The van der Waals surface area contributed by atoms with Crippen LogP contribution in [0.5, 0.6) is 5.75 Å². The fourth-order valence-electron chi connectivity index (χ4n) is 4.63. The van der Waals surface area contributed by atoms with E-state index < -0.39 is 12.1 Å². The number of pyridine rings is 1. The number of hydrogen-bond donors (Lipinski definition) is 2. The van der Waals surface area contributed by atoms with Gasteiger partial charge in [0.05, 0.1) is 5.56 Å². The van der Waals surface area contributed by atoms with Gasteiger partial charge in [0.25, 0.3) is 5.91 Å². The summed E-state index contributed by atoms with van der Waals surface area (Å²) in [6, 6.07) is 11.8. The number of piperidine rings is 1. The molecule has 0 radical (unpaired) electrons. The fourth-order valence-corrected chi connectivity index (χ4v) is 4.63. The number of alkyl halides is 3. The fraction of sp³-hybridized carbons (Fsp3) is 0.462. The number of halogens is 3. The summed E-state index contributed by atoms with van der Waals surface area (Å²) < 4.78 is 38.2. The van der Waals surface area contributed by atoms with Gasteiger partial charge < -0.3 is 20.1 Å². The average Bonchev–Trinajstić information content (AvgIpc) is 2.84. The van der Waals surface area contributed by atoms with Gasteiger partial charge in [0.15, 0.2) is 0 Å². The van der Waals surface area contributed by atoms with Crippen molar-refractivity contribution >= 4 is 17.8 Å². The van der Waals surface area contributed by atoms with Crippen LogP contribution in [0.15, 0.2) is 48.8 Å². The number of para-hydroxylation sites is 1. The van der Waals surface area contributed by atoms with E-state index in [1.165, 1.54) is 0 Å². The Labute approximate surface area is 212 Å². The maximum absolute atomic E-state index is 12.8. The number of likely N-dealkylation sites (tertiary alicyclic amines) is 1. The molecule has 1 aromatic carbocycles. The van der Waals surface area contributed by atoms with Gasteiger partial charge in [-0.05, 0) is 44.0 Å². The molecule has 1 spiro atoms. The Bertz CT molecular complexity index is 1100. The number of aliphatic carboxylic acids is 1. The number of carboxylic acids is 1. The molecular weight excluding hydrogens is 491 g/mol. The summed E-state index contributed by atoms with van der Waals surface area (Å²) in [7, 11) is 0. The van der Waals surface area contributed by atoms with Crippen molar-refractivity contribution in [1.29, 1.82) is 0 Å². The van der Waals surface area contributed by atoms with Crippen molar-refractivity contribution in [3.63, 3.8) is 0 Å². The van der Waals surface area contributed by atoms with E-state index in [1.807, 2.05) is 36.9 Å². The first-order chi connectivity index (χ1) is 17.4. The summed E-state index contributed by atoms with van der Waals surface area (Å²) in [5.74, 6) is -1.67. The van der Waals surface area contributed by atoms with Gasteiger partial charge in [-0.3, -0.25) is 14.6 Å². The number of carboxylic acid groups (broad SMARTS) is 1. The highest BCUT2D eigenvalue weighted by molar-refractivity contribution is 5.93. The van der Waals surface area contributed by atoms with E-state index in [9.17, 15) is 22.8 Å². The van der Waals surface area contributed by atoms with Gasteiger partial charge in [-0.1, -0.05) is 18.2 Å². The van der Waals surface area contributed by atoms with Gasteiger partial charge in [-0.15, -0.1) is 0 Å². The van der Waals surface area contributed by atoms with Crippen LogP contribution in [0.25, 0.3) is 0 Å². The van der Waals surface area contributed by atoms with Gasteiger partial charge in [0.1, 0.15) is 11.4 Å². The lowest BCUT2D eigenvalue weighted by Crippen LogP contribution is -2.52. The number of benzene rings is 1. The zero-order valence-electron chi connectivity index (χ0n) is 20.6. The van der Waals surface area contributed by atoms with Gasteiger partial charge in [0, 0.05) is 56.7 Å². The lowest BCUT2D eigenvalue weighted by atomic mass is 9.76. The molecule has 2 aromatic rings. The third kappa shape index (κ3) is 7.43. The molecule has 0 aliphatic carbocycles. The summed E-state index contributed by atoms with van der Waals surface area (Å²) in [6.45, 7) is 5.24. The van der Waals surface area contributed by atoms with E-state index in [0.717, 1.165) is 30.6 Å². The maximum atomic E-state index is 12.8. The number of ether oxygens (including phenoxy) is 1. The highest BCUT2D eigenvalue weighted by Gasteiger charge is 2.44. The van der Waals surface area contributed by atoms with Crippen LogP contribution in [-0.4, -0.2) is 63.7 Å². The SMILES string of the molecule is CC(C)NC(=O)CC1CC2(CCN(C(=O)c3cccnc3)CC2)Oc2ccccc21.O=C(O)C(F)(F)F. The Morgan fingerprint density at radius 1 is 1.16 bits per heavy atom. The smallest absolute Gasteiger partial charge is 0.487 e. The number of hydrogen-bond acceptors (Lipinski definition) is 5. The van der Waals surface area contributed by atoms with Crippen molar-refractivity contribution in [3.05, 3.63) is 59.9 Å². The van der Waals surface area contributed by atoms with Crippen molar-refractivity contribution in [2.24, 2.45) is 0 Å². The third-order valence-electron chi connectivity index (χ3n) is 6.30. The van der Waals surface area contributed by atoms with E-state index in [4.69, 9.17) is 14.6 Å². The summed E-state index contributed by atoms with van der Waals surface area (Å²) >= 11 is 0. The summed E-state index contributed by atoms with van der Waals surface area (Å²) in [4.78, 5) is 40.1. The minimum Gasteiger partial charge on any atom is -0.487 e. The Morgan fingerprint density at radius 3 is 2.38 bits per heavy atom. The van der Waals surface area contributed by atoms with Gasteiger partial charge in [0.2, 0.25) is 5.91 Å². The molecule has 1 unspecified atom stereocenters. The quantitative estimate of drug-likeness (QED) is 0.625. The predicted octanol–water partition coefficient (Wildman–Crippen LogP) is 4.17. The largest absolute Gasteiger partial charge is 0.490 e. The molecule has 0 bridgehead atoms. The molecule has 1 atom stereocenters. The van der Waals surface area contributed by atoms with E-state index in [2.05, 4.69) is 16.4 Å².